The molecule has 1 heterocycles. The van der Waals surface area contributed by atoms with E-state index in [1.54, 1.807) is 16.7 Å². The number of anilines is 2. The van der Waals surface area contributed by atoms with Crippen LogP contribution in [0.2, 0.25) is 0 Å². The number of methoxy groups -OCH3 is 1. The van der Waals surface area contributed by atoms with Gasteiger partial charge in [0.25, 0.3) is 0 Å². The average molecular weight is 512 g/mol. The van der Waals surface area contributed by atoms with Crippen LogP contribution in [0.15, 0.2) is 47.4 Å². The number of hydrogen-bond acceptors (Lipinski definition) is 6. The molecule has 1 aliphatic carbocycles. The number of thioether (sulfide) groups is 1. The van der Waals surface area contributed by atoms with E-state index in [0.717, 1.165) is 47.4 Å². The molecule has 2 N–H and O–H groups in total. The maximum absolute atomic E-state index is 12.8. The topological polar surface area (TPSA) is 97.0 Å². The first-order chi connectivity index (χ1) is 17.4. The fraction of sp³-hybridized carbons (Fsp3) is 0.444. The van der Waals surface area contributed by atoms with Crippen molar-refractivity contribution in [1.82, 2.24) is 4.90 Å². The van der Waals surface area contributed by atoms with Gasteiger partial charge in [-0.25, -0.2) is 9.59 Å². The Morgan fingerprint density at radius 2 is 1.75 bits per heavy atom. The molecule has 4 rings (SSSR count). The number of hydrogen-bond donors (Lipinski definition) is 2. The second-order valence-electron chi connectivity index (χ2n) is 9.27. The number of nitrogens with zero attached hydrogens (tertiary/aromatic N) is 1. The summed E-state index contributed by atoms with van der Waals surface area (Å²) in [7, 11) is 1.41. The van der Waals surface area contributed by atoms with Gasteiger partial charge in [0.15, 0.2) is 0 Å². The van der Waals surface area contributed by atoms with Crippen LogP contribution in [0.4, 0.5) is 21.0 Å². The number of esters is 1. The summed E-state index contributed by atoms with van der Waals surface area (Å²) < 4.78 is 10.5. The van der Waals surface area contributed by atoms with Crippen molar-refractivity contribution in [3.8, 4) is 0 Å². The molecule has 0 bridgehead atoms. The number of carbonyl (C=O) groups excluding carboxylic acids is 3. The molecule has 0 radical (unpaired) electrons. The number of carbonyl (C=O) groups is 3. The third-order valence-electron chi connectivity index (χ3n) is 6.81. The minimum Gasteiger partial charge on any atom is -0.469 e. The summed E-state index contributed by atoms with van der Waals surface area (Å²) in [5.41, 5.74) is 3.62. The van der Waals surface area contributed by atoms with E-state index in [9.17, 15) is 14.4 Å². The van der Waals surface area contributed by atoms with Crippen molar-refractivity contribution >= 4 is 41.2 Å². The van der Waals surface area contributed by atoms with Gasteiger partial charge in [-0.1, -0.05) is 12.1 Å². The Kier molecular flexibility index (Phi) is 8.74. The number of amides is 3. The van der Waals surface area contributed by atoms with Gasteiger partial charge in [0.2, 0.25) is 0 Å². The van der Waals surface area contributed by atoms with E-state index in [-0.39, 0.29) is 24.2 Å². The van der Waals surface area contributed by atoms with Gasteiger partial charge in [0, 0.05) is 35.8 Å². The maximum atomic E-state index is 12.8. The van der Waals surface area contributed by atoms with Crippen molar-refractivity contribution < 1.29 is 23.9 Å². The maximum Gasteiger partial charge on any atom is 0.410 e. The van der Waals surface area contributed by atoms with Crippen LogP contribution >= 0.6 is 11.8 Å². The van der Waals surface area contributed by atoms with Crippen LogP contribution in [0, 0.1) is 5.92 Å². The zero-order chi connectivity index (χ0) is 25.5. The Hall–Kier alpha value is -3.20. The molecule has 8 nitrogen and oxygen atoms in total. The summed E-state index contributed by atoms with van der Waals surface area (Å²) in [5, 5.41) is 5.76. The minimum absolute atomic E-state index is 0.102. The first-order valence-electron chi connectivity index (χ1n) is 12.3. The minimum atomic E-state index is -0.296. The largest absolute Gasteiger partial charge is 0.469 e. The Labute approximate surface area is 216 Å². The second kappa shape index (κ2) is 12.2. The van der Waals surface area contributed by atoms with Gasteiger partial charge in [0.1, 0.15) is 6.10 Å². The summed E-state index contributed by atoms with van der Waals surface area (Å²) in [6, 6.07) is 13.2. The lowest BCUT2D eigenvalue weighted by Gasteiger charge is -2.32. The summed E-state index contributed by atoms with van der Waals surface area (Å²) >= 11 is 1.62. The highest BCUT2D eigenvalue weighted by molar-refractivity contribution is 7.98. The van der Waals surface area contributed by atoms with Crippen LogP contribution in [-0.4, -0.2) is 49.0 Å². The average Bonchev–Trinajstić information content (AvgIpc) is 2.89. The molecular weight excluding hydrogens is 478 g/mol. The van der Waals surface area contributed by atoms with Crippen LogP contribution < -0.4 is 10.6 Å². The van der Waals surface area contributed by atoms with Crippen LogP contribution in [0.1, 0.15) is 43.2 Å². The first-order valence-corrected chi connectivity index (χ1v) is 13.5. The number of benzene rings is 2. The molecule has 2 aromatic carbocycles. The fourth-order valence-electron chi connectivity index (χ4n) is 4.77. The number of urea groups is 1. The lowest BCUT2D eigenvalue weighted by atomic mass is 9.85. The van der Waals surface area contributed by atoms with E-state index in [1.807, 2.05) is 48.7 Å². The van der Waals surface area contributed by atoms with Gasteiger partial charge in [-0.3, -0.25) is 4.79 Å². The summed E-state index contributed by atoms with van der Waals surface area (Å²) in [5.74, 6) is 0.127. The highest BCUT2D eigenvalue weighted by Crippen LogP contribution is 2.30. The monoisotopic (exact) mass is 511 g/mol. The van der Waals surface area contributed by atoms with Crippen molar-refractivity contribution in [2.45, 2.75) is 56.1 Å². The Morgan fingerprint density at radius 3 is 2.47 bits per heavy atom. The van der Waals surface area contributed by atoms with Crippen LogP contribution in [-0.2, 0) is 27.2 Å². The van der Waals surface area contributed by atoms with E-state index in [2.05, 4.69) is 10.6 Å². The predicted octanol–water partition coefficient (Wildman–Crippen LogP) is 5.67. The molecule has 2 aromatic rings. The predicted molar refractivity (Wildman–Crippen MR) is 140 cm³/mol. The molecule has 9 heteroatoms. The van der Waals surface area contributed by atoms with Crippen LogP contribution in [0.3, 0.4) is 0 Å². The Morgan fingerprint density at radius 1 is 1.00 bits per heavy atom. The summed E-state index contributed by atoms with van der Waals surface area (Å²) in [4.78, 5) is 39.5. The Bertz CT molecular complexity index is 1100. The summed E-state index contributed by atoms with van der Waals surface area (Å²) in [6.07, 6.45) is 6.01. The zero-order valence-corrected chi connectivity index (χ0v) is 21.6. The van der Waals surface area contributed by atoms with Gasteiger partial charge in [-0.2, -0.15) is 0 Å². The van der Waals surface area contributed by atoms with Crippen molar-refractivity contribution in [2.24, 2.45) is 5.92 Å². The highest BCUT2D eigenvalue weighted by atomic mass is 32.2. The number of ether oxygens (including phenoxy) is 2. The first kappa shape index (κ1) is 25.9. The molecule has 0 saturated heterocycles. The molecule has 2 aliphatic rings. The number of nitrogens with one attached hydrogen (secondary N) is 2. The molecular formula is C27H33N3O5S. The van der Waals surface area contributed by atoms with E-state index >= 15 is 0 Å². The third kappa shape index (κ3) is 6.94. The van der Waals surface area contributed by atoms with Crippen LogP contribution in [0.5, 0.6) is 0 Å². The van der Waals surface area contributed by atoms with Crippen molar-refractivity contribution in [3.63, 3.8) is 0 Å². The molecule has 192 valence electrons. The molecule has 0 aromatic heterocycles. The highest BCUT2D eigenvalue weighted by Gasteiger charge is 2.29. The fourth-order valence-corrected chi connectivity index (χ4v) is 5.23. The van der Waals surface area contributed by atoms with Crippen molar-refractivity contribution in [1.29, 1.82) is 0 Å². The Balaban J connectivity index is 1.26. The zero-order valence-electron chi connectivity index (χ0n) is 20.7. The van der Waals surface area contributed by atoms with E-state index in [4.69, 9.17) is 9.47 Å². The van der Waals surface area contributed by atoms with Crippen LogP contribution in [0.25, 0.3) is 0 Å². The SMILES string of the molecule is COC(=O)C[C@H]1CC[C@H](OC(=O)N2CCc3cc(NC(=O)Nc4cccc(SC)c4)ccc3C2)CC1. The standard InChI is InChI=1S/C27H33N3O5S/c1-34-25(31)14-18-6-10-23(11-7-18)35-27(33)30-13-12-19-15-22(9-8-20(19)17-30)29-26(32)28-21-4-3-5-24(16-21)36-2/h3-5,8-9,15-16,18,23H,6-7,10-14,17H2,1-2H3,(H2,28,29,32)/t18-,23-. The lowest BCUT2D eigenvalue weighted by molar-refractivity contribution is -0.142. The molecule has 1 fully saturated rings. The van der Waals surface area contributed by atoms with E-state index in [1.165, 1.54) is 7.11 Å². The van der Waals surface area contributed by atoms with Crippen molar-refractivity contribution in [3.05, 3.63) is 53.6 Å². The number of rotatable bonds is 6. The molecule has 0 atom stereocenters. The normalized spacial score (nSPS) is 19.1. The molecule has 36 heavy (non-hydrogen) atoms. The molecule has 1 saturated carbocycles. The van der Waals surface area contributed by atoms with Gasteiger partial charge >= 0.3 is 18.1 Å². The van der Waals surface area contributed by atoms with Gasteiger partial charge in [0.05, 0.1) is 7.11 Å². The second-order valence-corrected chi connectivity index (χ2v) is 10.2. The smallest absolute Gasteiger partial charge is 0.410 e. The van der Waals surface area contributed by atoms with E-state index < -0.39 is 0 Å². The third-order valence-corrected chi connectivity index (χ3v) is 7.53. The molecule has 0 unspecified atom stereocenters. The summed E-state index contributed by atoms with van der Waals surface area (Å²) in [6.45, 7) is 1.06. The quantitative estimate of drug-likeness (QED) is 0.383. The van der Waals surface area contributed by atoms with Gasteiger partial charge in [-0.15, -0.1) is 11.8 Å². The van der Waals surface area contributed by atoms with Gasteiger partial charge in [-0.05, 0) is 85.7 Å². The van der Waals surface area contributed by atoms with Gasteiger partial charge < -0.3 is 25.0 Å². The number of fused-ring (bicyclic) bond motifs is 1. The molecule has 0 spiro atoms. The van der Waals surface area contributed by atoms with Crippen molar-refractivity contribution in [2.75, 3.05) is 30.5 Å². The lowest BCUT2D eigenvalue weighted by Crippen LogP contribution is -2.39. The molecule has 3 amide bonds. The molecule has 1 aliphatic heterocycles. The van der Waals surface area contributed by atoms with E-state index in [0.29, 0.717) is 37.5 Å².